The number of piperidine rings is 1. The molecule has 1 aromatic heterocycles. The number of aromatic nitrogens is 3. The lowest BCUT2D eigenvalue weighted by Crippen LogP contribution is -2.36. The second-order valence-electron chi connectivity index (χ2n) is 7.72. The number of rotatable bonds is 4. The Labute approximate surface area is 170 Å². The van der Waals surface area contributed by atoms with Crippen LogP contribution in [0, 0.1) is 23.4 Å². The zero-order valence-corrected chi connectivity index (χ0v) is 17.1. The number of benzene rings is 2. The summed E-state index contributed by atoms with van der Waals surface area (Å²) in [7, 11) is 0. The van der Waals surface area contributed by atoms with E-state index in [0.717, 1.165) is 24.3 Å². The first-order valence-electron chi connectivity index (χ1n) is 9.77. The largest absolute Gasteiger partial charge is 0.284 e. The Balaban J connectivity index is 1.81. The van der Waals surface area contributed by atoms with Crippen LogP contribution in [0.1, 0.15) is 25.3 Å². The molecule has 2 aromatic carbocycles. The molecule has 0 radical (unpaired) electrons. The summed E-state index contributed by atoms with van der Waals surface area (Å²) < 4.78 is 18.9. The highest BCUT2D eigenvalue weighted by Gasteiger charge is 2.21. The van der Waals surface area contributed by atoms with Gasteiger partial charge in [0.15, 0.2) is 5.82 Å². The molecule has 0 spiro atoms. The summed E-state index contributed by atoms with van der Waals surface area (Å²) in [6.45, 7) is 7.03. The van der Waals surface area contributed by atoms with E-state index in [9.17, 15) is 4.39 Å². The normalized spacial score (nSPS) is 17.8. The van der Waals surface area contributed by atoms with E-state index in [-0.39, 0.29) is 5.82 Å². The van der Waals surface area contributed by atoms with Crippen LogP contribution in [0.4, 0.5) is 4.39 Å². The highest BCUT2D eigenvalue weighted by Crippen LogP contribution is 2.26. The highest BCUT2D eigenvalue weighted by atomic mass is 32.1. The van der Waals surface area contributed by atoms with Crippen LogP contribution in [0.15, 0.2) is 48.5 Å². The molecule has 0 unspecified atom stereocenters. The molecule has 1 aliphatic heterocycles. The Hall–Kier alpha value is -2.31. The molecule has 4 nitrogen and oxygen atoms in total. The van der Waals surface area contributed by atoms with Gasteiger partial charge in [0.05, 0.1) is 12.2 Å². The molecule has 6 heteroatoms. The quantitative estimate of drug-likeness (QED) is 0.567. The van der Waals surface area contributed by atoms with Crippen LogP contribution >= 0.6 is 12.2 Å². The van der Waals surface area contributed by atoms with Crippen molar-refractivity contribution < 1.29 is 4.39 Å². The Morgan fingerprint density at radius 2 is 1.89 bits per heavy atom. The van der Waals surface area contributed by atoms with Gasteiger partial charge in [-0.25, -0.2) is 9.07 Å². The third kappa shape index (κ3) is 3.80. The maximum Gasteiger partial charge on any atom is 0.204 e. The van der Waals surface area contributed by atoms with Gasteiger partial charge < -0.3 is 0 Å². The third-order valence-electron chi connectivity index (χ3n) is 5.32. The zero-order valence-electron chi connectivity index (χ0n) is 16.3. The van der Waals surface area contributed by atoms with Gasteiger partial charge in [0.2, 0.25) is 4.77 Å². The average molecular weight is 397 g/mol. The fourth-order valence-corrected chi connectivity index (χ4v) is 4.14. The first-order valence-corrected chi connectivity index (χ1v) is 10.2. The zero-order chi connectivity index (χ0) is 19.7. The first kappa shape index (κ1) is 19.0. The Morgan fingerprint density at radius 3 is 2.61 bits per heavy atom. The van der Waals surface area contributed by atoms with Gasteiger partial charge in [-0.15, -0.1) is 5.10 Å². The number of hydrogen-bond acceptors (Lipinski definition) is 3. The lowest BCUT2D eigenvalue weighted by atomic mass is 10.0. The SMILES string of the molecule is Cc1ccc(-n2c(-c3ccccc3F)nn(CN3CCC[C@H](C)C3)c2=S)cc1. The van der Waals surface area contributed by atoms with Gasteiger partial charge in [-0.2, -0.15) is 0 Å². The van der Waals surface area contributed by atoms with E-state index in [1.807, 2.05) is 46.5 Å². The van der Waals surface area contributed by atoms with E-state index < -0.39 is 0 Å². The Morgan fingerprint density at radius 1 is 1.14 bits per heavy atom. The minimum Gasteiger partial charge on any atom is -0.284 e. The molecule has 1 saturated heterocycles. The van der Waals surface area contributed by atoms with Gasteiger partial charge >= 0.3 is 0 Å². The second-order valence-corrected chi connectivity index (χ2v) is 8.09. The van der Waals surface area contributed by atoms with Crippen molar-refractivity contribution in [3.8, 4) is 17.1 Å². The summed E-state index contributed by atoms with van der Waals surface area (Å²) >= 11 is 5.78. The molecule has 0 bridgehead atoms. The van der Waals surface area contributed by atoms with Gasteiger partial charge in [-0.1, -0.05) is 36.8 Å². The minimum atomic E-state index is -0.297. The fraction of sp³-hybridized carbons (Fsp3) is 0.364. The van der Waals surface area contributed by atoms with E-state index >= 15 is 0 Å². The summed E-state index contributed by atoms with van der Waals surface area (Å²) in [6.07, 6.45) is 2.45. The molecule has 0 aliphatic carbocycles. The van der Waals surface area contributed by atoms with Crippen LogP contribution in [0.3, 0.4) is 0 Å². The van der Waals surface area contributed by atoms with Crippen molar-refractivity contribution >= 4 is 12.2 Å². The number of halogens is 1. The average Bonchev–Trinajstić information content (AvgIpc) is 2.99. The number of hydrogen-bond donors (Lipinski definition) is 0. The maximum atomic E-state index is 14.6. The summed E-state index contributed by atoms with van der Waals surface area (Å²) in [5, 5.41) is 4.75. The number of likely N-dealkylation sites (tertiary alicyclic amines) is 1. The molecular weight excluding hydrogens is 371 g/mol. The van der Waals surface area contributed by atoms with Gasteiger partial charge in [0.1, 0.15) is 5.82 Å². The van der Waals surface area contributed by atoms with Crippen molar-refractivity contribution in [2.45, 2.75) is 33.4 Å². The van der Waals surface area contributed by atoms with Crippen molar-refractivity contribution in [3.63, 3.8) is 0 Å². The first-order chi connectivity index (χ1) is 13.5. The highest BCUT2D eigenvalue weighted by molar-refractivity contribution is 7.71. The Kier molecular flexibility index (Phi) is 5.42. The van der Waals surface area contributed by atoms with Crippen LogP contribution in [-0.2, 0) is 6.67 Å². The van der Waals surface area contributed by atoms with Crippen LogP contribution in [0.25, 0.3) is 17.1 Å². The predicted octanol–water partition coefficient (Wildman–Crippen LogP) is 5.21. The maximum absolute atomic E-state index is 14.6. The molecule has 0 N–H and O–H groups in total. The molecule has 28 heavy (non-hydrogen) atoms. The van der Waals surface area contributed by atoms with E-state index in [1.165, 1.54) is 18.9 Å². The second kappa shape index (κ2) is 7.97. The molecule has 2 heterocycles. The molecular formula is C22H25FN4S. The fourth-order valence-electron chi connectivity index (χ4n) is 3.85. The standard InChI is InChI=1S/C22H25FN4S/c1-16-9-11-18(12-10-16)27-21(19-7-3-4-8-20(19)23)24-26(22(27)28)15-25-13-5-6-17(2)14-25/h3-4,7-12,17H,5-6,13-15H2,1-2H3/t17-/m0/s1. The monoisotopic (exact) mass is 396 g/mol. The molecule has 146 valence electrons. The van der Waals surface area contributed by atoms with E-state index in [0.29, 0.717) is 28.7 Å². The van der Waals surface area contributed by atoms with Crippen molar-refractivity contribution in [2.24, 2.45) is 5.92 Å². The smallest absolute Gasteiger partial charge is 0.204 e. The molecule has 4 rings (SSSR count). The molecule has 0 saturated carbocycles. The van der Waals surface area contributed by atoms with Gasteiger partial charge in [-0.05, 0) is 68.7 Å². The topological polar surface area (TPSA) is 26.0 Å². The van der Waals surface area contributed by atoms with Crippen LogP contribution in [0.5, 0.6) is 0 Å². The van der Waals surface area contributed by atoms with Crippen molar-refractivity contribution in [3.05, 3.63) is 64.7 Å². The number of nitrogens with zero attached hydrogens (tertiary/aromatic N) is 4. The van der Waals surface area contributed by atoms with Crippen molar-refractivity contribution in [2.75, 3.05) is 13.1 Å². The van der Waals surface area contributed by atoms with Gasteiger partial charge in [0, 0.05) is 12.2 Å². The third-order valence-corrected chi connectivity index (χ3v) is 5.71. The summed E-state index contributed by atoms with van der Waals surface area (Å²) in [5.41, 5.74) is 2.52. The van der Waals surface area contributed by atoms with Crippen LogP contribution in [0.2, 0.25) is 0 Å². The van der Waals surface area contributed by atoms with Crippen LogP contribution < -0.4 is 0 Å². The predicted molar refractivity (Wildman–Crippen MR) is 112 cm³/mol. The van der Waals surface area contributed by atoms with Crippen LogP contribution in [-0.4, -0.2) is 32.3 Å². The van der Waals surface area contributed by atoms with E-state index in [4.69, 9.17) is 17.3 Å². The molecule has 1 aliphatic rings. The minimum absolute atomic E-state index is 0.297. The lowest BCUT2D eigenvalue weighted by molar-refractivity contribution is 0.138. The summed E-state index contributed by atoms with van der Waals surface area (Å²) in [5.74, 6) is 0.916. The number of aryl methyl sites for hydroxylation is 1. The Bertz CT molecular complexity index is 1020. The summed E-state index contributed by atoms with van der Waals surface area (Å²) in [6, 6.07) is 14.8. The summed E-state index contributed by atoms with van der Waals surface area (Å²) in [4.78, 5) is 2.38. The molecule has 1 atom stereocenters. The van der Waals surface area contributed by atoms with Gasteiger partial charge in [0.25, 0.3) is 0 Å². The van der Waals surface area contributed by atoms with E-state index in [1.54, 1.807) is 12.1 Å². The van der Waals surface area contributed by atoms with Crippen molar-refractivity contribution in [1.29, 1.82) is 0 Å². The lowest BCUT2D eigenvalue weighted by Gasteiger charge is -2.30. The molecule has 3 aromatic rings. The van der Waals surface area contributed by atoms with Gasteiger partial charge in [-0.3, -0.25) is 9.47 Å². The molecule has 0 amide bonds. The van der Waals surface area contributed by atoms with Crippen molar-refractivity contribution in [1.82, 2.24) is 19.2 Å². The van der Waals surface area contributed by atoms with E-state index in [2.05, 4.69) is 11.8 Å². The molecule has 1 fully saturated rings.